The van der Waals surface area contributed by atoms with Crippen molar-refractivity contribution in [2.45, 2.75) is 39.5 Å². The van der Waals surface area contributed by atoms with Gasteiger partial charge in [0.2, 0.25) is 0 Å². The number of ether oxygens (including phenoxy) is 1. The van der Waals surface area contributed by atoms with Crippen molar-refractivity contribution in [2.24, 2.45) is 7.05 Å². The summed E-state index contributed by atoms with van der Waals surface area (Å²) in [5.41, 5.74) is 3.78. The molecule has 5 nitrogen and oxygen atoms in total. The molecule has 138 valence electrons. The SMILES string of the molecule is CCCc1nn(C)c2c1C(c1cccc(F)c1)C(C(=O)OCC)=C(C)N2. The van der Waals surface area contributed by atoms with Crippen molar-refractivity contribution in [1.82, 2.24) is 9.78 Å². The lowest BCUT2D eigenvalue weighted by Crippen LogP contribution is -2.25. The van der Waals surface area contributed by atoms with Crippen molar-refractivity contribution in [1.29, 1.82) is 0 Å². The van der Waals surface area contributed by atoms with Crippen LogP contribution in [-0.4, -0.2) is 22.4 Å². The minimum absolute atomic E-state index is 0.285. The van der Waals surface area contributed by atoms with E-state index in [-0.39, 0.29) is 18.4 Å². The average molecular weight is 357 g/mol. The number of aryl methyl sites for hydroxylation is 2. The van der Waals surface area contributed by atoms with Crippen LogP contribution in [-0.2, 0) is 23.0 Å². The Morgan fingerprint density at radius 3 is 2.81 bits per heavy atom. The van der Waals surface area contributed by atoms with E-state index < -0.39 is 5.92 Å². The normalized spacial score (nSPS) is 16.3. The van der Waals surface area contributed by atoms with E-state index in [1.165, 1.54) is 12.1 Å². The fourth-order valence-electron chi connectivity index (χ4n) is 3.57. The van der Waals surface area contributed by atoms with Crippen LogP contribution in [0.5, 0.6) is 0 Å². The number of carbonyl (C=O) groups excluding carboxylic acids is 1. The summed E-state index contributed by atoms with van der Waals surface area (Å²) in [6.07, 6.45) is 1.71. The standard InChI is InChI=1S/C20H24FN3O2/c1-5-8-15-18-17(13-9-7-10-14(21)11-13)16(20(25)26-6-2)12(3)22-19(18)24(4)23-15/h7,9-11,17,22H,5-6,8H2,1-4H3. The quantitative estimate of drug-likeness (QED) is 0.825. The molecule has 1 unspecified atom stereocenters. The Morgan fingerprint density at radius 1 is 1.38 bits per heavy atom. The number of benzene rings is 1. The van der Waals surface area contributed by atoms with Gasteiger partial charge in [-0.15, -0.1) is 0 Å². The second kappa shape index (κ2) is 7.32. The van der Waals surface area contributed by atoms with Crippen molar-refractivity contribution in [3.63, 3.8) is 0 Å². The maximum absolute atomic E-state index is 14.0. The van der Waals surface area contributed by atoms with Gasteiger partial charge in [-0.1, -0.05) is 25.5 Å². The van der Waals surface area contributed by atoms with Crippen molar-refractivity contribution >= 4 is 11.8 Å². The van der Waals surface area contributed by atoms with E-state index in [0.29, 0.717) is 11.3 Å². The lowest BCUT2D eigenvalue weighted by atomic mass is 9.81. The number of rotatable bonds is 5. The van der Waals surface area contributed by atoms with Crippen molar-refractivity contribution in [2.75, 3.05) is 11.9 Å². The van der Waals surface area contributed by atoms with Crippen LogP contribution in [0, 0.1) is 5.82 Å². The number of fused-ring (bicyclic) bond motifs is 1. The van der Waals surface area contributed by atoms with Crippen LogP contribution in [0.1, 0.15) is 49.9 Å². The van der Waals surface area contributed by atoms with E-state index in [4.69, 9.17) is 4.74 Å². The first-order chi connectivity index (χ1) is 12.5. The van der Waals surface area contributed by atoms with Gasteiger partial charge >= 0.3 is 5.97 Å². The number of hydrogen-bond acceptors (Lipinski definition) is 4. The number of aromatic nitrogens is 2. The number of anilines is 1. The Bertz CT molecular complexity index is 870. The molecule has 2 heterocycles. The molecule has 0 aliphatic carbocycles. The minimum atomic E-state index is -0.406. The molecule has 1 atom stereocenters. The molecule has 6 heteroatoms. The Kier molecular flexibility index (Phi) is 5.11. The van der Waals surface area contributed by atoms with E-state index in [9.17, 15) is 9.18 Å². The summed E-state index contributed by atoms with van der Waals surface area (Å²) in [6, 6.07) is 6.40. The van der Waals surface area contributed by atoms with E-state index in [1.54, 1.807) is 17.7 Å². The monoisotopic (exact) mass is 357 g/mol. The molecule has 0 fully saturated rings. The third kappa shape index (κ3) is 3.11. The summed E-state index contributed by atoms with van der Waals surface area (Å²) in [7, 11) is 1.87. The van der Waals surface area contributed by atoms with Crippen molar-refractivity contribution in [3.05, 3.63) is 58.2 Å². The van der Waals surface area contributed by atoms with Gasteiger partial charge in [-0.2, -0.15) is 5.10 Å². The first-order valence-corrected chi connectivity index (χ1v) is 8.94. The molecule has 2 aromatic rings. The highest BCUT2D eigenvalue weighted by atomic mass is 19.1. The highest BCUT2D eigenvalue weighted by molar-refractivity contribution is 5.94. The maximum atomic E-state index is 14.0. The molecule has 1 aromatic carbocycles. The van der Waals surface area contributed by atoms with E-state index in [2.05, 4.69) is 17.3 Å². The Labute approximate surface area is 152 Å². The van der Waals surface area contributed by atoms with E-state index in [1.807, 2.05) is 20.0 Å². The molecule has 1 aliphatic heterocycles. The zero-order valence-corrected chi connectivity index (χ0v) is 15.6. The summed E-state index contributed by atoms with van der Waals surface area (Å²) >= 11 is 0. The molecule has 26 heavy (non-hydrogen) atoms. The zero-order valence-electron chi connectivity index (χ0n) is 15.6. The number of nitrogens with one attached hydrogen (secondary N) is 1. The second-order valence-corrected chi connectivity index (χ2v) is 6.45. The highest BCUT2D eigenvalue weighted by Crippen LogP contribution is 2.44. The van der Waals surface area contributed by atoms with E-state index >= 15 is 0 Å². The van der Waals surface area contributed by atoms with Gasteiger partial charge < -0.3 is 10.1 Å². The summed E-state index contributed by atoms with van der Waals surface area (Å²) in [5, 5.41) is 7.93. The average Bonchev–Trinajstić information content (AvgIpc) is 2.90. The molecule has 0 spiro atoms. The van der Waals surface area contributed by atoms with Gasteiger partial charge in [-0.05, 0) is 38.0 Å². The van der Waals surface area contributed by atoms with Crippen LogP contribution in [0.4, 0.5) is 10.2 Å². The third-order valence-electron chi connectivity index (χ3n) is 4.61. The summed E-state index contributed by atoms with van der Waals surface area (Å²) in [5.74, 6) is -0.280. The van der Waals surface area contributed by atoms with Gasteiger partial charge in [-0.25, -0.2) is 9.18 Å². The maximum Gasteiger partial charge on any atom is 0.336 e. The highest BCUT2D eigenvalue weighted by Gasteiger charge is 2.37. The molecule has 1 aliphatic rings. The van der Waals surface area contributed by atoms with Crippen molar-refractivity contribution in [3.8, 4) is 0 Å². The lowest BCUT2D eigenvalue weighted by molar-refractivity contribution is -0.138. The molecule has 0 radical (unpaired) electrons. The predicted octanol–water partition coefficient (Wildman–Crippen LogP) is 3.91. The summed E-state index contributed by atoms with van der Waals surface area (Å²) < 4.78 is 21.0. The fraction of sp³-hybridized carbons (Fsp3) is 0.400. The molecule has 3 rings (SSSR count). The van der Waals surface area contributed by atoms with Crippen LogP contribution in [0.3, 0.4) is 0 Å². The van der Waals surface area contributed by atoms with Crippen molar-refractivity contribution < 1.29 is 13.9 Å². The van der Waals surface area contributed by atoms with Gasteiger partial charge in [0, 0.05) is 24.2 Å². The summed E-state index contributed by atoms with van der Waals surface area (Å²) in [4.78, 5) is 12.7. The number of hydrogen-bond donors (Lipinski definition) is 1. The first kappa shape index (κ1) is 18.2. The largest absolute Gasteiger partial charge is 0.463 e. The van der Waals surface area contributed by atoms with Gasteiger partial charge in [0.05, 0.1) is 17.9 Å². The predicted molar refractivity (Wildman–Crippen MR) is 98.4 cm³/mol. The Balaban J connectivity index is 2.24. The second-order valence-electron chi connectivity index (χ2n) is 6.45. The third-order valence-corrected chi connectivity index (χ3v) is 4.61. The topological polar surface area (TPSA) is 56.2 Å². The van der Waals surface area contributed by atoms with Crippen LogP contribution in [0.15, 0.2) is 35.5 Å². The van der Waals surface area contributed by atoms with E-state index in [0.717, 1.165) is 35.5 Å². The lowest BCUT2D eigenvalue weighted by Gasteiger charge is -2.29. The fourth-order valence-corrected chi connectivity index (χ4v) is 3.57. The number of allylic oxidation sites excluding steroid dienone is 1. The van der Waals surface area contributed by atoms with Gasteiger partial charge in [-0.3, -0.25) is 4.68 Å². The minimum Gasteiger partial charge on any atom is -0.463 e. The molecular weight excluding hydrogens is 333 g/mol. The molecule has 1 N–H and O–H groups in total. The number of halogens is 1. The number of esters is 1. The van der Waals surface area contributed by atoms with Gasteiger partial charge in [0.1, 0.15) is 11.6 Å². The van der Waals surface area contributed by atoms with Crippen LogP contribution < -0.4 is 5.32 Å². The summed E-state index contributed by atoms with van der Waals surface area (Å²) in [6.45, 7) is 5.99. The smallest absolute Gasteiger partial charge is 0.336 e. The Hall–Kier alpha value is -2.63. The first-order valence-electron chi connectivity index (χ1n) is 8.94. The van der Waals surface area contributed by atoms with Crippen LogP contribution >= 0.6 is 0 Å². The number of carbonyl (C=O) groups is 1. The molecular formula is C20H24FN3O2. The van der Waals surface area contributed by atoms with Gasteiger partial charge in [0.15, 0.2) is 0 Å². The molecule has 0 bridgehead atoms. The molecule has 1 aromatic heterocycles. The van der Waals surface area contributed by atoms with Crippen LogP contribution in [0.2, 0.25) is 0 Å². The molecule has 0 amide bonds. The van der Waals surface area contributed by atoms with Crippen LogP contribution in [0.25, 0.3) is 0 Å². The zero-order chi connectivity index (χ0) is 18.8. The Morgan fingerprint density at radius 2 is 2.15 bits per heavy atom. The van der Waals surface area contributed by atoms with Gasteiger partial charge in [0.25, 0.3) is 0 Å². The molecule has 0 saturated heterocycles. The molecule has 0 saturated carbocycles. The number of nitrogens with zero attached hydrogens (tertiary/aromatic N) is 2.